The number of aromatic nitrogens is 2. The Labute approximate surface area is 429 Å². The first-order valence-corrected chi connectivity index (χ1v) is 28.7. The van der Waals surface area contributed by atoms with Crippen LogP contribution >= 0.6 is 0 Å². The third kappa shape index (κ3) is 8.55. The van der Waals surface area contributed by atoms with E-state index >= 15 is 0 Å². The zero-order valence-corrected chi connectivity index (χ0v) is 43.2. The maximum absolute atomic E-state index is 6.98. The van der Waals surface area contributed by atoms with Crippen molar-refractivity contribution in [3.63, 3.8) is 0 Å². The minimum Gasteiger partial charge on any atom is -0.494 e. The summed E-state index contributed by atoms with van der Waals surface area (Å²) in [5.41, 5.74) is 16.7. The van der Waals surface area contributed by atoms with Gasteiger partial charge < -0.3 is 23.7 Å². The molecule has 0 unspecified atom stereocenters. The van der Waals surface area contributed by atoms with Gasteiger partial charge in [0.2, 0.25) is 0 Å². The first-order chi connectivity index (χ1) is 35.5. The van der Waals surface area contributed by atoms with Crippen molar-refractivity contribution in [1.29, 1.82) is 0 Å². The number of hydrogen-bond donors (Lipinski definition) is 0. The van der Waals surface area contributed by atoms with Gasteiger partial charge in [0.1, 0.15) is 42.6 Å². The van der Waals surface area contributed by atoms with Crippen molar-refractivity contribution in [2.75, 3.05) is 26.4 Å². The first kappa shape index (κ1) is 46.2. The maximum Gasteiger partial charge on any atom is 0.138 e. The summed E-state index contributed by atoms with van der Waals surface area (Å²) in [6, 6.07) is 57.4. The van der Waals surface area contributed by atoms with Crippen LogP contribution in [0.5, 0.6) is 34.5 Å². The molecule has 0 N–H and O–H groups in total. The van der Waals surface area contributed by atoms with Crippen molar-refractivity contribution < 1.29 is 23.7 Å². The van der Waals surface area contributed by atoms with Gasteiger partial charge in [0.15, 0.2) is 0 Å². The molecular formula is C65H58N2O5Si. The summed E-state index contributed by atoms with van der Waals surface area (Å²) in [5.74, 6) is 8.35. The Bertz CT molecular complexity index is 3470. The van der Waals surface area contributed by atoms with Crippen LogP contribution in [0.1, 0.15) is 74.3 Å². The molecular weight excluding hydrogens is 917 g/mol. The van der Waals surface area contributed by atoms with Crippen LogP contribution < -0.4 is 23.7 Å². The molecule has 9 aromatic rings. The van der Waals surface area contributed by atoms with Gasteiger partial charge in [0.25, 0.3) is 0 Å². The molecule has 7 aromatic carbocycles. The second-order valence-electron chi connectivity index (χ2n) is 21.1. The van der Waals surface area contributed by atoms with Gasteiger partial charge in [-0.1, -0.05) is 107 Å². The van der Waals surface area contributed by atoms with E-state index < -0.39 is 13.5 Å². The molecule has 8 heteroatoms. The zero-order valence-electron chi connectivity index (χ0n) is 42.2. The predicted molar refractivity (Wildman–Crippen MR) is 296 cm³/mol. The topological polar surface area (TPSA) is 71.9 Å². The Morgan fingerprint density at radius 1 is 0.466 bits per heavy atom. The second-order valence-corrected chi connectivity index (χ2v) is 26.1. The second kappa shape index (κ2) is 18.6. The number of hydrogen-bond acceptors (Lipinski definition) is 7. The highest BCUT2D eigenvalue weighted by atomic mass is 28.3. The molecule has 12 bridgehead atoms. The number of rotatable bonds is 0. The van der Waals surface area contributed by atoms with Gasteiger partial charge in [-0.25, -0.2) is 9.97 Å². The molecule has 0 radical (unpaired) electrons. The van der Waals surface area contributed by atoms with Crippen LogP contribution in [-0.2, 0) is 5.41 Å². The normalized spacial score (nSPS) is 15.0. The van der Waals surface area contributed by atoms with E-state index in [1.165, 1.54) is 22.3 Å². The third-order valence-corrected chi connectivity index (χ3v) is 19.8. The van der Waals surface area contributed by atoms with E-state index in [1.54, 1.807) is 0 Å². The minimum absolute atomic E-state index is 0.149. The molecule has 2 aromatic heterocycles. The number of pyridine rings is 2. The van der Waals surface area contributed by atoms with Gasteiger partial charge in [-0.3, -0.25) is 0 Å². The Hall–Kier alpha value is -7.86. The van der Waals surface area contributed by atoms with Gasteiger partial charge in [0.05, 0.1) is 54.3 Å². The van der Waals surface area contributed by atoms with Crippen LogP contribution in [0.25, 0.3) is 55.4 Å². The van der Waals surface area contributed by atoms with Crippen LogP contribution in [0.4, 0.5) is 0 Å². The van der Waals surface area contributed by atoms with E-state index in [9.17, 15) is 0 Å². The average Bonchev–Trinajstić information content (AvgIpc) is 3.69. The third-order valence-electron chi connectivity index (χ3n) is 15.3. The van der Waals surface area contributed by atoms with Crippen LogP contribution in [0, 0.1) is 11.5 Å². The summed E-state index contributed by atoms with van der Waals surface area (Å²) in [4.78, 5) is 10.3. The summed E-state index contributed by atoms with van der Waals surface area (Å²) in [5, 5.41) is 2.24. The smallest absolute Gasteiger partial charge is 0.138 e. The monoisotopic (exact) mass is 974 g/mol. The van der Waals surface area contributed by atoms with E-state index in [4.69, 9.17) is 33.7 Å². The molecule has 6 heterocycles. The van der Waals surface area contributed by atoms with Crippen molar-refractivity contribution in [2.24, 2.45) is 0 Å². The van der Waals surface area contributed by atoms with Crippen LogP contribution in [0.2, 0.25) is 18.1 Å². The lowest BCUT2D eigenvalue weighted by molar-refractivity contribution is 0.265. The van der Waals surface area contributed by atoms with E-state index in [0.29, 0.717) is 26.4 Å². The lowest BCUT2D eigenvalue weighted by atomic mass is 9.66. The molecule has 0 fully saturated rings. The number of benzene rings is 7. The quantitative estimate of drug-likeness (QED) is 0.0851. The highest BCUT2D eigenvalue weighted by molar-refractivity contribution is 6.87. The molecule has 0 saturated carbocycles. The Morgan fingerprint density at radius 3 is 1.45 bits per heavy atom. The molecule has 362 valence electrons. The largest absolute Gasteiger partial charge is 0.494 e. The minimum atomic E-state index is -1.88. The van der Waals surface area contributed by atoms with Crippen molar-refractivity contribution >= 4 is 29.9 Å². The van der Waals surface area contributed by atoms with E-state index in [0.717, 1.165) is 121 Å². The molecule has 73 heavy (non-hydrogen) atoms. The summed E-state index contributed by atoms with van der Waals surface area (Å²) in [7, 11) is -1.88. The van der Waals surface area contributed by atoms with Crippen molar-refractivity contribution in [3.05, 3.63) is 192 Å². The summed E-state index contributed by atoms with van der Waals surface area (Å²) >= 11 is 0. The fraction of sp³-hybridized carbons (Fsp3) is 0.231. The summed E-state index contributed by atoms with van der Waals surface area (Å²) < 4.78 is 32.4. The number of ether oxygens (including phenoxy) is 5. The lowest BCUT2D eigenvalue weighted by Crippen LogP contribution is -2.35. The predicted octanol–water partition coefficient (Wildman–Crippen LogP) is 15.8. The van der Waals surface area contributed by atoms with Gasteiger partial charge in [-0.05, 0) is 138 Å². The van der Waals surface area contributed by atoms with Gasteiger partial charge in [-0.15, -0.1) is 5.54 Å². The average molecular weight is 975 g/mol. The van der Waals surface area contributed by atoms with Crippen LogP contribution in [0.3, 0.4) is 0 Å². The molecule has 0 atom stereocenters. The Balaban J connectivity index is 0.865. The van der Waals surface area contributed by atoms with E-state index in [2.05, 4.69) is 185 Å². The fourth-order valence-electron chi connectivity index (χ4n) is 10.3. The van der Waals surface area contributed by atoms with E-state index in [-0.39, 0.29) is 5.04 Å². The lowest BCUT2D eigenvalue weighted by Gasteiger charge is -2.39. The summed E-state index contributed by atoms with van der Waals surface area (Å²) in [6.07, 6.45) is 3.32. The molecule has 0 amide bonds. The number of fused-ring (bicyclic) bond motifs is 9. The highest BCUT2D eigenvalue weighted by Gasteiger charge is 2.51. The fourth-order valence-corrected chi connectivity index (χ4v) is 11.1. The van der Waals surface area contributed by atoms with Crippen LogP contribution in [0.15, 0.2) is 164 Å². The standard InChI is InChI=1S/C65H58N2O5Si/c1-64(2,3)73(4,5)39-34-43-14-29-53-52-12-6-7-13-54(52)65(57(53)40-43)55-30-27-50-41-60(55)72-61-42-51(28-31-56(61)65)71-38-11-9-36-69-49-25-19-45(20-26-49)59-33-22-47-16-15-46-21-32-58(66-62(46)63(47)67-59)44-17-23-48(24-18-44)68-35-8-10-37-70-50/h6-7,12-33,40-42H,8-11,35-38H2,1-5H3. The van der Waals surface area contributed by atoms with Crippen LogP contribution in [-0.4, -0.2) is 44.5 Å². The number of nitrogens with zero attached hydrogens (tertiary/aromatic N) is 2. The molecule has 5 aliphatic rings. The van der Waals surface area contributed by atoms with Crippen molar-refractivity contribution in [3.8, 4) is 79.6 Å². The van der Waals surface area contributed by atoms with Gasteiger partial charge in [0, 0.05) is 50.7 Å². The zero-order chi connectivity index (χ0) is 49.7. The molecule has 1 spiro atoms. The van der Waals surface area contributed by atoms with Crippen molar-refractivity contribution in [1.82, 2.24) is 9.97 Å². The van der Waals surface area contributed by atoms with E-state index in [1.807, 2.05) is 24.3 Å². The molecule has 1 aliphatic carbocycles. The molecule has 0 saturated heterocycles. The Kier molecular flexibility index (Phi) is 11.8. The molecule has 7 nitrogen and oxygen atoms in total. The SMILES string of the molecule is CC(C)(C)[Si](C)(C)C#Cc1ccc2c(c1)C1(c3ccc4cc3Oc3cc(ccc31)OCCCCOc1ccc(cc1)-c1ccc3ccc5ccc(nc5c3n1)-c1ccc(cc1)OCCCCO4)c1ccccc1-2. The molecule has 4 aliphatic heterocycles. The first-order valence-electron chi connectivity index (χ1n) is 25.7. The Morgan fingerprint density at radius 2 is 0.932 bits per heavy atom. The van der Waals surface area contributed by atoms with Gasteiger partial charge >= 0.3 is 0 Å². The molecule has 14 rings (SSSR count). The maximum atomic E-state index is 6.98. The van der Waals surface area contributed by atoms with Gasteiger partial charge in [-0.2, -0.15) is 0 Å². The highest BCUT2D eigenvalue weighted by Crippen LogP contribution is 2.63. The van der Waals surface area contributed by atoms with Crippen molar-refractivity contribution in [2.45, 2.75) is 70.0 Å². The summed E-state index contributed by atoms with van der Waals surface area (Å²) in [6.45, 7) is 13.9.